The van der Waals surface area contributed by atoms with Crippen LogP contribution in [-0.2, 0) is 6.54 Å². The van der Waals surface area contributed by atoms with Gasteiger partial charge in [0.2, 0.25) is 0 Å². The monoisotopic (exact) mass is 327 g/mol. The minimum Gasteiger partial charge on any atom is -0.493 e. The van der Waals surface area contributed by atoms with Crippen molar-refractivity contribution in [2.75, 3.05) is 13.2 Å². The first-order chi connectivity index (χ1) is 9.13. The van der Waals surface area contributed by atoms with E-state index in [4.69, 9.17) is 4.74 Å². The Balaban J connectivity index is 2.53. The van der Waals surface area contributed by atoms with Crippen molar-refractivity contribution in [1.82, 2.24) is 5.32 Å². The SMILES string of the molecule is CCCCCOc1ccc(Br)cc1CNCC(C)C. The lowest BCUT2D eigenvalue weighted by atomic mass is 10.2. The van der Waals surface area contributed by atoms with Crippen molar-refractivity contribution in [1.29, 1.82) is 0 Å². The Labute approximate surface area is 126 Å². The number of hydrogen-bond donors (Lipinski definition) is 1. The highest BCUT2D eigenvalue weighted by molar-refractivity contribution is 9.10. The zero-order valence-corrected chi connectivity index (χ0v) is 13.9. The van der Waals surface area contributed by atoms with Crippen LogP contribution in [0.4, 0.5) is 0 Å². The number of rotatable bonds is 9. The molecular weight excluding hydrogens is 302 g/mol. The fraction of sp³-hybridized carbons (Fsp3) is 0.625. The summed E-state index contributed by atoms with van der Waals surface area (Å²) in [5.41, 5.74) is 1.23. The first kappa shape index (κ1) is 16.5. The van der Waals surface area contributed by atoms with Crippen LogP contribution in [-0.4, -0.2) is 13.2 Å². The van der Waals surface area contributed by atoms with Gasteiger partial charge in [0.1, 0.15) is 5.75 Å². The molecule has 1 aromatic carbocycles. The van der Waals surface area contributed by atoms with Crippen molar-refractivity contribution in [2.45, 2.75) is 46.6 Å². The Morgan fingerprint density at radius 1 is 1.26 bits per heavy atom. The average Bonchev–Trinajstić information content (AvgIpc) is 2.36. The lowest BCUT2D eigenvalue weighted by molar-refractivity contribution is 0.302. The molecule has 0 aliphatic carbocycles. The molecule has 0 saturated carbocycles. The molecule has 0 bridgehead atoms. The van der Waals surface area contributed by atoms with Gasteiger partial charge in [-0.1, -0.05) is 49.5 Å². The molecule has 2 nitrogen and oxygen atoms in total. The highest BCUT2D eigenvalue weighted by Crippen LogP contribution is 2.23. The Morgan fingerprint density at radius 2 is 2.05 bits per heavy atom. The van der Waals surface area contributed by atoms with Gasteiger partial charge in [0.15, 0.2) is 0 Å². The van der Waals surface area contributed by atoms with Crippen LogP contribution < -0.4 is 10.1 Å². The summed E-state index contributed by atoms with van der Waals surface area (Å²) in [7, 11) is 0. The molecule has 0 aliphatic heterocycles. The number of halogens is 1. The normalized spacial score (nSPS) is 11.0. The predicted octanol–water partition coefficient (Wildman–Crippen LogP) is 4.76. The van der Waals surface area contributed by atoms with Crippen LogP contribution >= 0.6 is 15.9 Å². The van der Waals surface area contributed by atoms with Crippen LogP contribution in [0.2, 0.25) is 0 Å². The first-order valence-electron chi connectivity index (χ1n) is 7.25. The second-order valence-electron chi connectivity index (χ2n) is 5.33. The van der Waals surface area contributed by atoms with Gasteiger partial charge in [0.05, 0.1) is 6.61 Å². The summed E-state index contributed by atoms with van der Waals surface area (Å²) in [6, 6.07) is 6.24. The van der Waals surface area contributed by atoms with Crippen LogP contribution in [0.25, 0.3) is 0 Å². The zero-order valence-electron chi connectivity index (χ0n) is 12.3. The molecule has 0 amide bonds. The predicted molar refractivity (Wildman–Crippen MR) is 85.7 cm³/mol. The fourth-order valence-electron chi connectivity index (χ4n) is 1.86. The summed E-state index contributed by atoms with van der Waals surface area (Å²) in [5.74, 6) is 1.68. The van der Waals surface area contributed by atoms with E-state index >= 15 is 0 Å². The van der Waals surface area contributed by atoms with E-state index in [1.54, 1.807) is 0 Å². The Morgan fingerprint density at radius 3 is 2.74 bits per heavy atom. The second-order valence-corrected chi connectivity index (χ2v) is 6.25. The van der Waals surface area contributed by atoms with Gasteiger partial charge in [0, 0.05) is 16.6 Å². The van der Waals surface area contributed by atoms with Crippen LogP contribution in [0.5, 0.6) is 5.75 Å². The lowest BCUT2D eigenvalue weighted by Crippen LogP contribution is -2.19. The minimum absolute atomic E-state index is 0.668. The molecule has 0 spiro atoms. The lowest BCUT2D eigenvalue weighted by Gasteiger charge is -2.13. The van der Waals surface area contributed by atoms with Crippen LogP contribution in [0.3, 0.4) is 0 Å². The molecule has 108 valence electrons. The van der Waals surface area contributed by atoms with E-state index in [1.807, 2.05) is 6.07 Å². The summed E-state index contributed by atoms with van der Waals surface area (Å²) < 4.78 is 7.00. The molecular formula is C16H26BrNO. The van der Waals surface area contributed by atoms with Crippen LogP contribution in [0.15, 0.2) is 22.7 Å². The number of ether oxygens (including phenoxy) is 1. The third kappa shape index (κ3) is 6.98. The quantitative estimate of drug-likeness (QED) is 0.660. The molecule has 0 aliphatic rings. The summed E-state index contributed by atoms with van der Waals surface area (Å²) in [6.45, 7) is 9.35. The largest absolute Gasteiger partial charge is 0.493 e. The highest BCUT2D eigenvalue weighted by atomic mass is 79.9. The van der Waals surface area contributed by atoms with Gasteiger partial charge >= 0.3 is 0 Å². The van der Waals surface area contributed by atoms with Crippen molar-refractivity contribution < 1.29 is 4.74 Å². The van der Waals surface area contributed by atoms with Gasteiger partial charge in [-0.3, -0.25) is 0 Å². The van der Waals surface area contributed by atoms with Gasteiger partial charge in [0.25, 0.3) is 0 Å². The summed E-state index contributed by atoms with van der Waals surface area (Å²) in [4.78, 5) is 0. The molecule has 1 rings (SSSR count). The summed E-state index contributed by atoms with van der Waals surface area (Å²) in [6.07, 6.45) is 3.59. The molecule has 0 aromatic heterocycles. The minimum atomic E-state index is 0.668. The number of nitrogens with one attached hydrogen (secondary N) is 1. The van der Waals surface area contributed by atoms with Gasteiger partial charge < -0.3 is 10.1 Å². The van der Waals surface area contributed by atoms with Crippen molar-refractivity contribution in [3.05, 3.63) is 28.2 Å². The fourth-order valence-corrected chi connectivity index (χ4v) is 2.27. The van der Waals surface area contributed by atoms with Crippen LogP contribution in [0, 0.1) is 5.92 Å². The molecule has 0 radical (unpaired) electrons. The Bertz CT molecular complexity index is 366. The van der Waals surface area contributed by atoms with Gasteiger partial charge in [-0.25, -0.2) is 0 Å². The second kappa shape index (κ2) is 9.38. The molecule has 0 atom stereocenters. The zero-order chi connectivity index (χ0) is 14.1. The number of benzene rings is 1. The summed E-state index contributed by atoms with van der Waals surface area (Å²) >= 11 is 3.53. The van der Waals surface area contributed by atoms with E-state index in [0.717, 1.165) is 36.3 Å². The van der Waals surface area contributed by atoms with E-state index in [9.17, 15) is 0 Å². The van der Waals surface area contributed by atoms with Crippen molar-refractivity contribution >= 4 is 15.9 Å². The smallest absolute Gasteiger partial charge is 0.123 e. The maximum absolute atomic E-state index is 5.89. The topological polar surface area (TPSA) is 21.3 Å². The maximum Gasteiger partial charge on any atom is 0.123 e. The molecule has 0 unspecified atom stereocenters. The van der Waals surface area contributed by atoms with E-state index in [1.165, 1.54) is 18.4 Å². The summed E-state index contributed by atoms with van der Waals surface area (Å²) in [5, 5.41) is 3.47. The molecule has 0 saturated heterocycles. The molecule has 1 aromatic rings. The number of hydrogen-bond acceptors (Lipinski definition) is 2. The average molecular weight is 328 g/mol. The van der Waals surface area contributed by atoms with Gasteiger partial charge in [-0.15, -0.1) is 0 Å². The number of unbranched alkanes of at least 4 members (excludes halogenated alkanes) is 2. The first-order valence-corrected chi connectivity index (χ1v) is 8.04. The molecule has 3 heteroatoms. The van der Waals surface area contributed by atoms with Crippen molar-refractivity contribution in [3.63, 3.8) is 0 Å². The molecule has 1 N–H and O–H groups in total. The van der Waals surface area contributed by atoms with E-state index in [-0.39, 0.29) is 0 Å². The standard InChI is InChI=1S/C16H26BrNO/c1-4-5-6-9-19-16-8-7-15(17)10-14(16)12-18-11-13(2)3/h7-8,10,13,18H,4-6,9,11-12H2,1-3H3. The van der Waals surface area contributed by atoms with E-state index in [2.05, 4.69) is 54.2 Å². The van der Waals surface area contributed by atoms with Crippen LogP contribution in [0.1, 0.15) is 45.6 Å². The molecule has 19 heavy (non-hydrogen) atoms. The van der Waals surface area contributed by atoms with Gasteiger partial charge in [-0.2, -0.15) is 0 Å². The van der Waals surface area contributed by atoms with Gasteiger partial charge in [-0.05, 0) is 37.1 Å². The third-order valence-corrected chi connectivity index (χ3v) is 3.39. The molecule has 0 fully saturated rings. The Kier molecular flexibility index (Phi) is 8.15. The van der Waals surface area contributed by atoms with E-state index < -0.39 is 0 Å². The van der Waals surface area contributed by atoms with Crippen molar-refractivity contribution in [2.24, 2.45) is 5.92 Å². The highest BCUT2D eigenvalue weighted by Gasteiger charge is 2.05. The maximum atomic E-state index is 5.89. The molecule has 0 heterocycles. The van der Waals surface area contributed by atoms with Crippen molar-refractivity contribution in [3.8, 4) is 5.75 Å². The third-order valence-electron chi connectivity index (χ3n) is 2.90. The van der Waals surface area contributed by atoms with E-state index in [0.29, 0.717) is 5.92 Å². The Hall–Kier alpha value is -0.540.